The van der Waals surface area contributed by atoms with Gasteiger partial charge in [-0.25, -0.2) is 9.29 Å². The summed E-state index contributed by atoms with van der Waals surface area (Å²) in [7, 11) is 2.16. The number of carbonyl (C=O) groups is 2. The lowest BCUT2D eigenvalue weighted by atomic mass is 9.70. The van der Waals surface area contributed by atoms with E-state index in [0.29, 0.717) is 51.7 Å². The van der Waals surface area contributed by atoms with Crippen molar-refractivity contribution in [2.75, 3.05) is 52.9 Å². The van der Waals surface area contributed by atoms with E-state index in [1.54, 1.807) is 4.90 Å². The molecule has 5 aliphatic rings. The number of Topliss-reactive ketones (excluding diaryl/α,β-unsaturated/α-hetero) is 1. The highest BCUT2D eigenvalue weighted by atomic mass is 32.2. The number of likely N-dealkylation sites (tertiary alicyclic amines) is 1. The van der Waals surface area contributed by atoms with Crippen LogP contribution in [0.2, 0.25) is 0 Å². The molecule has 0 aromatic heterocycles. The third-order valence-corrected chi connectivity index (χ3v) is 13.6. The molecule has 0 N–H and O–H groups in total. The highest BCUT2D eigenvalue weighted by Crippen LogP contribution is 2.54. The van der Waals surface area contributed by atoms with Gasteiger partial charge in [0.2, 0.25) is 5.91 Å². The lowest BCUT2D eigenvalue weighted by molar-refractivity contribution is -0.256. The van der Waals surface area contributed by atoms with Crippen molar-refractivity contribution in [1.82, 2.24) is 24.5 Å². The normalized spacial score (nSPS) is 34.5. The van der Waals surface area contributed by atoms with Crippen LogP contribution in [0.15, 0.2) is 41.8 Å². The monoisotopic (exact) mass is 694 g/mol. The molecule has 1 spiro atoms. The molecule has 0 bridgehead atoms. The van der Waals surface area contributed by atoms with Gasteiger partial charge in [-0.3, -0.25) is 19.4 Å². The molecular weight excluding hydrogens is 640 g/mol. The van der Waals surface area contributed by atoms with Crippen molar-refractivity contribution in [2.24, 2.45) is 5.92 Å². The van der Waals surface area contributed by atoms with Gasteiger partial charge in [0.25, 0.3) is 0 Å². The summed E-state index contributed by atoms with van der Waals surface area (Å²) in [6, 6.07) is 9.80. The molecule has 4 aliphatic heterocycles. The molecule has 268 valence electrons. The number of rotatable bonds is 11. The van der Waals surface area contributed by atoms with Crippen molar-refractivity contribution in [1.29, 1.82) is 5.26 Å². The minimum Gasteiger partial charge on any atom is -0.348 e. The van der Waals surface area contributed by atoms with Gasteiger partial charge in [0.15, 0.2) is 12.1 Å². The Labute approximate surface area is 296 Å². The number of unbranched alkanes of at least 4 members (excludes halogenated alkanes) is 2. The van der Waals surface area contributed by atoms with Gasteiger partial charge in [-0.15, -0.1) is 11.8 Å². The predicted octanol–water partition coefficient (Wildman–Crippen LogP) is 4.92. The Morgan fingerprint density at radius 3 is 2.69 bits per heavy atom. The number of benzene rings is 1. The van der Waals surface area contributed by atoms with Crippen molar-refractivity contribution in [3.05, 3.63) is 42.5 Å². The number of alkyl halides is 1. The number of ketones is 1. The minimum atomic E-state index is -1.26. The van der Waals surface area contributed by atoms with E-state index in [4.69, 9.17) is 4.74 Å². The van der Waals surface area contributed by atoms with Crippen LogP contribution in [0.1, 0.15) is 70.8 Å². The Morgan fingerprint density at radius 1 is 1.16 bits per heavy atom. The number of halogens is 1. The zero-order chi connectivity index (χ0) is 34.7. The van der Waals surface area contributed by atoms with Crippen molar-refractivity contribution in [2.45, 2.75) is 118 Å². The number of piperazine rings is 1. The number of nitrogens with zero attached hydrogens (tertiary/aromatic N) is 6. The lowest BCUT2D eigenvalue weighted by Gasteiger charge is -2.62. The van der Waals surface area contributed by atoms with Gasteiger partial charge in [-0.2, -0.15) is 5.26 Å². The molecule has 1 aliphatic carbocycles. The second-order valence-corrected chi connectivity index (χ2v) is 16.0. The highest BCUT2D eigenvalue weighted by molar-refractivity contribution is 8.01. The third-order valence-electron chi connectivity index (χ3n) is 11.9. The Kier molecular flexibility index (Phi) is 11.8. The summed E-state index contributed by atoms with van der Waals surface area (Å²) >= 11 is 1.45. The number of hydrogen-bond donors (Lipinski definition) is 0. The molecule has 1 aromatic carbocycles. The number of ether oxygens (including phenoxy) is 1. The molecular formula is C38H55FN6O3S. The number of likely N-dealkylation sites (N-methyl/N-ethyl adjacent to an activating group) is 2. The SMILES string of the molecule is C=CC(=O)N1CCN(C2C3CC[C@@]4(Sc5ccccc5CC4F)C(=O)C3N(CC)C(OCC3CCCN3C)N2CCCCC)CC1CC#N. The molecule has 1 saturated carbocycles. The Hall–Kier alpha value is -2.33. The van der Waals surface area contributed by atoms with Crippen LogP contribution in [-0.4, -0.2) is 131 Å². The standard InChI is InChI=1S/C38H55FN6O3S/c1-5-8-11-21-45-36(42-22-23-44(33(46)6-2)28(25-42)17-19-40)30-16-18-38(32(39)24-27-13-9-10-15-31(27)49-38)35(47)34(30)43(7-3)37(45)48-26-29-14-12-20-41(29)4/h6,9-10,13,15,28-30,32,34,36-37H,2,5,7-8,11-12,14,16-18,20-26H2,1,3-4H3/t28?,29?,30?,32?,34?,36?,37?,38-/m0/s1. The first kappa shape index (κ1) is 36.5. The van der Waals surface area contributed by atoms with E-state index < -0.39 is 23.3 Å². The van der Waals surface area contributed by atoms with E-state index in [-0.39, 0.29) is 42.7 Å². The number of carbonyl (C=O) groups excluding carboxylic acids is 2. The van der Waals surface area contributed by atoms with Gasteiger partial charge in [0, 0.05) is 49.5 Å². The molecule has 11 heteroatoms. The van der Waals surface area contributed by atoms with Gasteiger partial charge >= 0.3 is 0 Å². The molecule has 3 saturated heterocycles. The number of thioether (sulfide) groups is 1. The van der Waals surface area contributed by atoms with E-state index in [2.05, 4.69) is 53.1 Å². The number of amides is 1. The third kappa shape index (κ3) is 6.98. The first-order chi connectivity index (χ1) is 23.8. The van der Waals surface area contributed by atoms with Crippen LogP contribution in [0.4, 0.5) is 4.39 Å². The quantitative estimate of drug-likeness (QED) is 0.237. The van der Waals surface area contributed by atoms with Gasteiger partial charge in [-0.1, -0.05) is 51.5 Å². The largest absolute Gasteiger partial charge is 0.348 e. The summed E-state index contributed by atoms with van der Waals surface area (Å²) in [6.45, 7) is 12.7. The summed E-state index contributed by atoms with van der Waals surface area (Å²) in [5.74, 6) is -0.224. The first-order valence-electron chi connectivity index (χ1n) is 18.6. The molecule has 8 atom stereocenters. The van der Waals surface area contributed by atoms with E-state index in [1.807, 2.05) is 24.3 Å². The summed E-state index contributed by atoms with van der Waals surface area (Å²) in [5, 5.41) is 9.79. The van der Waals surface area contributed by atoms with E-state index in [0.717, 1.165) is 55.7 Å². The van der Waals surface area contributed by atoms with Gasteiger partial charge < -0.3 is 14.5 Å². The Balaban J connectivity index is 1.39. The average Bonchev–Trinajstić information content (AvgIpc) is 3.52. The number of hydrogen-bond acceptors (Lipinski definition) is 9. The maximum Gasteiger partial charge on any atom is 0.246 e. The minimum absolute atomic E-state index is 0.00329. The van der Waals surface area contributed by atoms with E-state index in [9.17, 15) is 10.1 Å². The fraction of sp³-hybridized carbons (Fsp3) is 0.711. The van der Waals surface area contributed by atoms with E-state index in [1.165, 1.54) is 17.8 Å². The van der Waals surface area contributed by atoms with E-state index >= 15 is 9.18 Å². The molecule has 4 fully saturated rings. The van der Waals surface area contributed by atoms with Crippen LogP contribution >= 0.6 is 11.8 Å². The summed E-state index contributed by atoms with van der Waals surface area (Å²) in [4.78, 5) is 40.4. The molecule has 49 heavy (non-hydrogen) atoms. The summed E-state index contributed by atoms with van der Waals surface area (Å²) < 4.78 is 22.4. The van der Waals surface area contributed by atoms with Crippen molar-refractivity contribution < 1.29 is 18.7 Å². The van der Waals surface area contributed by atoms with Crippen LogP contribution in [0.5, 0.6) is 0 Å². The zero-order valence-electron chi connectivity index (χ0n) is 29.6. The molecule has 9 nitrogen and oxygen atoms in total. The fourth-order valence-electron chi connectivity index (χ4n) is 9.33. The number of nitriles is 1. The molecule has 7 unspecified atom stereocenters. The van der Waals surface area contributed by atoms with Crippen molar-refractivity contribution >= 4 is 23.5 Å². The Bertz CT molecular complexity index is 1390. The smallest absolute Gasteiger partial charge is 0.246 e. The summed E-state index contributed by atoms with van der Waals surface area (Å²) in [6.07, 6.45) is 6.57. The maximum absolute atomic E-state index is 16.6. The van der Waals surface area contributed by atoms with Crippen molar-refractivity contribution in [3.63, 3.8) is 0 Å². The second kappa shape index (κ2) is 15.9. The second-order valence-electron chi connectivity index (χ2n) is 14.7. The molecule has 1 amide bonds. The Morgan fingerprint density at radius 2 is 1.98 bits per heavy atom. The van der Waals surface area contributed by atoms with Crippen LogP contribution in [0.3, 0.4) is 0 Å². The van der Waals surface area contributed by atoms with Crippen LogP contribution in [-0.2, 0) is 20.7 Å². The van der Waals surface area contributed by atoms with Crippen LogP contribution < -0.4 is 0 Å². The van der Waals surface area contributed by atoms with Gasteiger partial charge in [0.05, 0.1) is 37.3 Å². The molecule has 1 aromatic rings. The molecule has 0 radical (unpaired) electrons. The fourth-order valence-corrected chi connectivity index (χ4v) is 10.8. The van der Waals surface area contributed by atoms with Crippen molar-refractivity contribution in [3.8, 4) is 6.07 Å². The highest BCUT2D eigenvalue weighted by Gasteiger charge is 2.63. The van der Waals surface area contributed by atoms with Crippen LogP contribution in [0.25, 0.3) is 0 Å². The predicted molar refractivity (Wildman–Crippen MR) is 190 cm³/mol. The van der Waals surface area contributed by atoms with Gasteiger partial charge in [-0.05, 0) is 69.9 Å². The maximum atomic E-state index is 16.6. The number of fused-ring (bicyclic) bond motifs is 2. The average molecular weight is 695 g/mol. The van der Waals surface area contributed by atoms with Gasteiger partial charge in [0.1, 0.15) is 10.9 Å². The molecule has 4 heterocycles. The van der Waals surface area contributed by atoms with Crippen LogP contribution in [0, 0.1) is 17.2 Å². The lowest BCUT2D eigenvalue weighted by Crippen LogP contribution is -2.77. The first-order valence-corrected chi connectivity index (χ1v) is 19.4. The topological polar surface area (TPSA) is 83.4 Å². The zero-order valence-corrected chi connectivity index (χ0v) is 30.5. The summed E-state index contributed by atoms with van der Waals surface area (Å²) in [5.41, 5.74) is 0.980. The molecule has 6 rings (SSSR count).